The van der Waals surface area contributed by atoms with Crippen LogP contribution >= 0.6 is 0 Å². The summed E-state index contributed by atoms with van der Waals surface area (Å²) in [7, 11) is 0. The summed E-state index contributed by atoms with van der Waals surface area (Å²) in [4.78, 5) is 36.1. The number of allylic oxidation sites excluding steroid dienone is 2. The quantitative estimate of drug-likeness (QED) is 0.542. The average Bonchev–Trinajstić information content (AvgIpc) is 2.62. The molecule has 1 aromatic carbocycles. The van der Waals surface area contributed by atoms with Crippen molar-refractivity contribution in [3.8, 4) is 5.75 Å². The minimum Gasteiger partial charge on any atom is -0.481 e. The van der Waals surface area contributed by atoms with Gasteiger partial charge in [-0.15, -0.1) is 0 Å². The van der Waals surface area contributed by atoms with Gasteiger partial charge in [0.05, 0.1) is 11.8 Å². The van der Waals surface area contributed by atoms with Gasteiger partial charge in [0.2, 0.25) is 5.91 Å². The van der Waals surface area contributed by atoms with Gasteiger partial charge < -0.3 is 9.84 Å². The van der Waals surface area contributed by atoms with Crippen LogP contribution in [0.5, 0.6) is 5.75 Å². The molecular weight excluding hydrogens is 348 g/mol. The van der Waals surface area contributed by atoms with E-state index < -0.39 is 35.7 Å². The monoisotopic (exact) mass is 374 g/mol. The first-order chi connectivity index (χ1) is 12.7. The number of aryl methyl sites for hydroxylation is 1. The van der Waals surface area contributed by atoms with E-state index in [0.29, 0.717) is 18.6 Å². The van der Waals surface area contributed by atoms with Crippen molar-refractivity contribution < 1.29 is 24.2 Å². The average molecular weight is 374 g/mol. The second kappa shape index (κ2) is 8.70. The van der Waals surface area contributed by atoms with E-state index in [9.17, 15) is 19.5 Å². The van der Waals surface area contributed by atoms with Crippen LogP contribution in [0.1, 0.15) is 39.2 Å². The highest BCUT2D eigenvalue weighted by atomic mass is 16.5. The number of hydrogen-bond donors (Lipinski definition) is 3. The van der Waals surface area contributed by atoms with Gasteiger partial charge in [0.15, 0.2) is 6.10 Å². The normalized spacial score (nSPS) is 20.6. The van der Waals surface area contributed by atoms with Gasteiger partial charge in [0.25, 0.3) is 5.91 Å². The zero-order valence-corrected chi connectivity index (χ0v) is 16.0. The van der Waals surface area contributed by atoms with Crippen LogP contribution in [-0.4, -0.2) is 29.0 Å². The molecule has 1 aromatic rings. The van der Waals surface area contributed by atoms with Crippen LogP contribution in [0.3, 0.4) is 0 Å². The van der Waals surface area contributed by atoms with Crippen molar-refractivity contribution in [1.29, 1.82) is 0 Å². The fourth-order valence-electron chi connectivity index (χ4n) is 3.02. The molecule has 27 heavy (non-hydrogen) atoms. The molecule has 0 saturated carbocycles. The van der Waals surface area contributed by atoms with Gasteiger partial charge in [-0.25, -0.2) is 0 Å². The summed E-state index contributed by atoms with van der Waals surface area (Å²) < 4.78 is 5.53. The minimum absolute atomic E-state index is 0.333. The Balaban J connectivity index is 1.92. The molecule has 0 heterocycles. The number of hydrazine groups is 1. The summed E-state index contributed by atoms with van der Waals surface area (Å²) in [5.41, 5.74) is 7.75. The maximum absolute atomic E-state index is 12.4. The lowest BCUT2D eigenvalue weighted by Gasteiger charge is -2.29. The number of carbonyl (C=O) groups is 3. The first-order valence-electron chi connectivity index (χ1n) is 8.90. The van der Waals surface area contributed by atoms with Crippen molar-refractivity contribution in [2.75, 3.05) is 0 Å². The summed E-state index contributed by atoms with van der Waals surface area (Å²) in [5, 5.41) is 9.40. The predicted molar refractivity (Wildman–Crippen MR) is 99.8 cm³/mol. The van der Waals surface area contributed by atoms with E-state index in [-0.39, 0.29) is 0 Å². The Hall–Kier alpha value is -2.83. The lowest BCUT2D eigenvalue weighted by Crippen LogP contribution is -2.51. The molecule has 1 aliphatic rings. The first-order valence-corrected chi connectivity index (χ1v) is 8.90. The maximum Gasteiger partial charge on any atom is 0.307 e. The topological polar surface area (TPSA) is 105 Å². The van der Waals surface area contributed by atoms with Crippen molar-refractivity contribution >= 4 is 17.8 Å². The number of rotatable bonds is 5. The number of hydrogen-bond acceptors (Lipinski definition) is 4. The van der Waals surface area contributed by atoms with Crippen LogP contribution in [0.4, 0.5) is 0 Å². The highest BCUT2D eigenvalue weighted by molar-refractivity contribution is 5.88. The summed E-state index contributed by atoms with van der Waals surface area (Å²) >= 11 is 0. The molecule has 1 aliphatic carbocycles. The largest absolute Gasteiger partial charge is 0.481 e. The molecular formula is C20H26N2O5. The van der Waals surface area contributed by atoms with Crippen LogP contribution in [0, 0.1) is 18.8 Å². The fourth-order valence-corrected chi connectivity index (χ4v) is 3.02. The fraction of sp³-hybridized carbons (Fsp3) is 0.450. The number of amides is 2. The van der Waals surface area contributed by atoms with Gasteiger partial charge in [-0.05, 0) is 52.7 Å². The molecule has 0 saturated heterocycles. The Morgan fingerprint density at radius 3 is 2.11 bits per heavy atom. The molecule has 0 spiro atoms. The second-order valence-electron chi connectivity index (χ2n) is 7.07. The molecule has 0 aromatic heterocycles. The Bertz CT molecular complexity index is 754. The second-order valence-corrected chi connectivity index (χ2v) is 7.07. The lowest BCUT2D eigenvalue weighted by atomic mass is 9.76. The number of nitrogens with one attached hydrogen (secondary N) is 2. The van der Waals surface area contributed by atoms with Gasteiger partial charge in [-0.1, -0.05) is 28.8 Å². The summed E-state index contributed by atoms with van der Waals surface area (Å²) in [6.07, 6.45) is -0.126. The first kappa shape index (κ1) is 20.5. The van der Waals surface area contributed by atoms with Crippen molar-refractivity contribution in [3.05, 3.63) is 41.0 Å². The smallest absolute Gasteiger partial charge is 0.307 e. The van der Waals surface area contributed by atoms with Gasteiger partial charge in [-0.2, -0.15) is 0 Å². The Kier molecular flexibility index (Phi) is 6.60. The summed E-state index contributed by atoms with van der Waals surface area (Å²) in [6.45, 7) is 7.29. The van der Waals surface area contributed by atoms with Gasteiger partial charge in [0.1, 0.15) is 5.75 Å². The zero-order valence-electron chi connectivity index (χ0n) is 16.0. The lowest BCUT2D eigenvalue weighted by molar-refractivity contribution is -0.148. The molecule has 146 valence electrons. The van der Waals surface area contributed by atoms with E-state index in [1.165, 1.54) is 0 Å². The molecule has 2 amide bonds. The van der Waals surface area contributed by atoms with Gasteiger partial charge in [0, 0.05) is 0 Å². The van der Waals surface area contributed by atoms with E-state index >= 15 is 0 Å². The number of benzene rings is 1. The summed E-state index contributed by atoms with van der Waals surface area (Å²) in [5.74, 6) is -3.01. The third-order valence-corrected chi connectivity index (χ3v) is 4.93. The minimum atomic E-state index is -1.01. The highest BCUT2D eigenvalue weighted by Gasteiger charge is 2.37. The molecule has 0 unspecified atom stereocenters. The van der Waals surface area contributed by atoms with Crippen LogP contribution < -0.4 is 15.6 Å². The SMILES string of the molecule is CC1=C(C)C[C@@H](C(=O)NNC(=O)[C@H](C)Oc2ccc(C)cc2)[C@@H](C(=O)O)C1. The van der Waals surface area contributed by atoms with Crippen molar-refractivity contribution in [2.24, 2.45) is 11.8 Å². The van der Waals surface area contributed by atoms with Crippen molar-refractivity contribution in [2.45, 2.75) is 46.6 Å². The molecule has 7 heteroatoms. The third kappa shape index (κ3) is 5.32. The molecule has 3 atom stereocenters. The zero-order chi connectivity index (χ0) is 20.1. The Morgan fingerprint density at radius 2 is 1.56 bits per heavy atom. The number of ether oxygens (including phenoxy) is 1. The van der Waals surface area contributed by atoms with E-state index in [2.05, 4.69) is 10.9 Å². The predicted octanol–water partition coefficient (Wildman–Crippen LogP) is 2.36. The van der Waals surface area contributed by atoms with E-state index in [0.717, 1.165) is 16.7 Å². The Labute approximate surface area is 158 Å². The molecule has 3 N–H and O–H groups in total. The van der Waals surface area contributed by atoms with Crippen LogP contribution in [0.25, 0.3) is 0 Å². The van der Waals surface area contributed by atoms with Crippen LogP contribution in [-0.2, 0) is 14.4 Å². The molecule has 0 fully saturated rings. The van der Waals surface area contributed by atoms with E-state index in [1.807, 2.05) is 32.9 Å². The number of carboxylic acid groups (broad SMARTS) is 1. The van der Waals surface area contributed by atoms with Gasteiger partial charge >= 0.3 is 5.97 Å². The number of carboxylic acids is 1. The standard InChI is InChI=1S/C20H26N2O5/c1-11-5-7-15(8-6-11)27-14(4)18(23)21-22-19(24)16-9-12(2)13(3)10-17(16)20(25)26/h5-8,14,16-17H,9-10H2,1-4H3,(H,21,23)(H,22,24)(H,25,26)/t14-,16+,17-/m0/s1. The highest BCUT2D eigenvalue weighted by Crippen LogP contribution is 2.34. The third-order valence-electron chi connectivity index (χ3n) is 4.93. The molecule has 2 rings (SSSR count). The van der Waals surface area contributed by atoms with Crippen LogP contribution in [0.15, 0.2) is 35.4 Å². The van der Waals surface area contributed by atoms with E-state index in [1.54, 1.807) is 19.1 Å². The summed E-state index contributed by atoms with van der Waals surface area (Å²) in [6, 6.07) is 7.26. The van der Waals surface area contributed by atoms with E-state index in [4.69, 9.17) is 4.74 Å². The van der Waals surface area contributed by atoms with Crippen LogP contribution in [0.2, 0.25) is 0 Å². The van der Waals surface area contributed by atoms with Gasteiger partial charge in [-0.3, -0.25) is 25.2 Å². The van der Waals surface area contributed by atoms with Crippen molar-refractivity contribution in [3.63, 3.8) is 0 Å². The molecule has 7 nitrogen and oxygen atoms in total. The number of carbonyl (C=O) groups excluding carboxylic acids is 2. The molecule has 0 radical (unpaired) electrons. The van der Waals surface area contributed by atoms with Crippen molar-refractivity contribution in [1.82, 2.24) is 10.9 Å². The number of aliphatic carboxylic acids is 1. The molecule has 0 aliphatic heterocycles. The maximum atomic E-state index is 12.4. The Morgan fingerprint density at radius 1 is 1.00 bits per heavy atom. The molecule has 0 bridgehead atoms.